The van der Waals surface area contributed by atoms with Gasteiger partial charge in [0.1, 0.15) is 34.5 Å². The smallest absolute Gasteiger partial charge is 0.326 e. The molecule has 10 heteroatoms. The van der Waals surface area contributed by atoms with E-state index in [1.165, 1.54) is 0 Å². The lowest BCUT2D eigenvalue weighted by atomic mass is 9.51. The number of carbonyl (C=O) groups excluding carboxylic acids is 3. The molecule has 6 aliphatic rings. The van der Waals surface area contributed by atoms with Gasteiger partial charge in [-0.15, -0.1) is 0 Å². The van der Waals surface area contributed by atoms with E-state index in [4.69, 9.17) is 14.2 Å². The van der Waals surface area contributed by atoms with Gasteiger partial charge in [0.05, 0.1) is 11.2 Å². The van der Waals surface area contributed by atoms with Crippen molar-refractivity contribution in [3.63, 3.8) is 0 Å². The number of amides is 1. The standard InChI is InChI=1S/C38H45NO9/c1-18(2)10-11-23-30-22(13-14-35(6,7)46-30)28(40)26-29(41)24-16-21-17-25-36(8,9)48-37(32(21)42,38(24,25)47-31(23)26)15-12-20(5)33(43)39-27(19(3)4)34(44)45/h10,12-14,16,19,21,25,27,40H,11,15,17H2,1-9H3,(H,39,43)(H,44,45)/b20-12-/t21-,25?,27-,37+,38-/m0/s1. The molecule has 2 fully saturated rings. The molecule has 1 saturated heterocycles. The molecule has 4 bridgehead atoms. The molecule has 1 aromatic rings. The Kier molecular flexibility index (Phi) is 7.67. The van der Waals surface area contributed by atoms with Crippen LogP contribution in [0.1, 0.15) is 96.6 Å². The summed E-state index contributed by atoms with van der Waals surface area (Å²) < 4.78 is 20.3. The Balaban J connectivity index is 1.53. The summed E-state index contributed by atoms with van der Waals surface area (Å²) in [6.45, 7) is 16.5. The predicted molar refractivity (Wildman–Crippen MR) is 178 cm³/mol. The first-order valence-corrected chi connectivity index (χ1v) is 16.6. The maximum atomic E-state index is 14.7. The number of aliphatic carboxylic acids is 1. The Morgan fingerprint density at radius 2 is 1.75 bits per heavy atom. The van der Waals surface area contributed by atoms with Crippen molar-refractivity contribution in [3.05, 3.63) is 57.7 Å². The van der Waals surface area contributed by atoms with Crippen molar-refractivity contribution < 1.29 is 43.6 Å². The lowest BCUT2D eigenvalue weighted by Crippen LogP contribution is -2.72. The van der Waals surface area contributed by atoms with E-state index in [0.29, 0.717) is 29.7 Å². The zero-order valence-corrected chi connectivity index (χ0v) is 29.1. The van der Waals surface area contributed by atoms with Crippen LogP contribution in [0, 0.1) is 17.8 Å². The van der Waals surface area contributed by atoms with Crippen LogP contribution in [0.4, 0.5) is 0 Å². The van der Waals surface area contributed by atoms with Gasteiger partial charge in [-0.25, -0.2) is 4.79 Å². The average Bonchev–Trinajstić information content (AvgIpc) is 3.14. The number of hydrogen-bond donors (Lipinski definition) is 3. The molecule has 48 heavy (non-hydrogen) atoms. The van der Waals surface area contributed by atoms with E-state index in [2.05, 4.69) is 5.32 Å². The van der Waals surface area contributed by atoms with Gasteiger partial charge in [-0.05, 0) is 79.4 Å². The second-order valence-electron chi connectivity index (χ2n) is 15.5. The van der Waals surface area contributed by atoms with Gasteiger partial charge in [0.2, 0.25) is 5.91 Å². The van der Waals surface area contributed by atoms with Crippen LogP contribution in [-0.2, 0) is 25.5 Å². The number of benzene rings is 1. The van der Waals surface area contributed by atoms with Crippen LogP contribution in [0.25, 0.3) is 6.08 Å². The number of nitrogens with one attached hydrogen (secondary N) is 1. The van der Waals surface area contributed by atoms with Crippen LogP contribution >= 0.6 is 0 Å². The summed E-state index contributed by atoms with van der Waals surface area (Å²) in [7, 11) is 0. The van der Waals surface area contributed by atoms with E-state index in [9.17, 15) is 29.4 Å². The molecule has 256 valence electrons. The first-order valence-electron chi connectivity index (χ1n) is 16.6. The van der Waals surface area contributed by atoms with E-state index < -0.39 is 57.9 Å². The van der Waals surface area contributed by atoms with Crippen LogP contribution in [0.5, 0.6) is 17.2 Å². The van der Waals surface area contributed by atoms with Gasteiger partial charge < -0.3 is 29.7 Å². The number of phenolic OH excluding ortho intramolecular Hbond substituents is 1. The number of carboxylic acids is 1. The van der Waals surface area contributed by atoms with Gasteiger partial charge in [0, 0.05) is 35.0 Å². The Hall–Kier alpha value is -4.18. The van der Waals surface area contributed by atoms with E-state index in [0.717, 1.165) is 5.57 Å². The number of allylic oxidation sites excluding steroid dienone is 3. The zero-order chi connectivity index (χ0) is 35.3. The van der Waals surface area contributed by atoms with Crippen LogP contribution in [0.2, 0.25) is 0 Å². The number of hydrogen-bond acceptors (Lipinski definition) is 8. The molecule has 7 rings (SSSR count). The molecule has 0 radical (unpaired) electrons. The number of ketones is 2. The van der Waals surface area contributed by atoms with Crippen LogP contribution in [0.15, 0.2) is 41.0 Å². The number of rotatable bonds is 8. The molecular formula is C38H45NO9. The van der Waals surface area contributed by atoms with Crippen molar-refractivity contribution in [2.75, 3.05) is 0 Å². The topological polar surface area (TPSA) is 148 Å². The van der Waals surface area contributed by atoms with E-state index in [-0.39, 0.29) is 46.3 Å². The van der Waals surface area contributed by atoms with Crippen molar-refractivity contribution in [3.8, 4) is 17.2 Å². The molecule has 10 nitrogen and oxygen atoms in total. The molecular weight excluding hydrogens is 614 g/mol. The number of aromatic hydroxyl groups is 1. The van der Waals surface area contributed by atoms with Crippen LogP contribution in [0.3, 0.4) is 0 Å². The normalized spacial score (nSPS) is 29.2. The number of carboxylic acid groups (broad SMARTS) is 1. The Morgan fingerprint density at radius 3 is 2.38 bits per heavy atom. The summed E-state index contributed by atoms with van der Waals surface area (Å²) in [5.41, 5.74) is -2.30. The molecule has 1 saturated carbocycles. The fourth-order valence-corrected chi connectivity index (χ4v) is 8.22. The number of phenols is 1. The quantitative estimate of drug-likeness (QED) is 0.238. The Bertz CT molecular complexity index is 1790. The maximum Gasteiger partial charge on any atom is 0.326 e. The summed E-state index contributed by atoms with van der Waals surface area (Å²) >= 11 is 0. The van der Waals surface area contributed by atoms with Crippen LogP contribution < -0.4 is 14.8 Å². The highest BCUT2D eigenvalue weighted by atomic mass is 16.6. The number of fused-ring (bicyclic) bond motifs is 2. The fraction of sp³-hybridized carbons (Fsp3) is 0.526. The van der Waals surface area contributed by atoms with Crippen LogP contribution in [-0.4, -0.2) is 62.1 Å². The lowest BCUT2D eigenvalue weighted by molar-refractivity contribution is -0.171. The number of Topliss-reactive ketones (excluding diaryl/α,β-unsaturated/α-hetero) is 2. The largest absolute Gasteiger partial charge is 0.506 e. The molecule has 5 atom stereocenters. The molecule has 0 aromatic heterocycles. The van der Waals surface area contributed by atoms with Crippen molar-refractivity contribution in [1.29, 1.82) is 0 Å². The highest BCUT2D eigenvalue weighted by Crippen LogP contribution is 2.68. The third kappa shape index (κ3) is 4.70. The van der Waals surface area contributed by atoms with Gasteiger partial charge in [0.25, 0.3) is 0 Å². The zero-order valence-electron chi connectivity index (χ0n) is 29.1. The maximum absolute atomic E-state index is 14.7. The Morgan fingerprint density at radius 1 is 1.06 bits per heavy atom. The highest BCUT2D eigenvalue weighted by molar-refractivity contribution is 6.19. The Labute approximate surface area is 280 Å². The predicted octanol–water partition coefficient (Wildman–Crippen LogP) is 5.65. The minimum absolute atomic E-state index is 0.0302. The average molecular weight is 660 g/mol. The van der Waals surface area contributed by atoms with E-state index in [1.807, 2.05) is 53.7 Å². The highest BCUT2D eigenvalue weighted by Gasteiger charge is 2.81. The first kappa shape index (κ1) is 33.7. The second-order valence-corrected chi connectivity index (χ2v) is 15.5. The third-order valence-electron chi connectivity index (χ3n) is 10.6. The van der Waals surface area contributed by atoms with Crippen molar-refractivity contribution in [2.45, 2.75) is 110 Å². The van der Waals surface area contributed by atoms with Crippen molar-refractivity contribution in [1.82, 2.24) is 5.32 Å². The summed E-state index contributed by atoms with van der Waals surface area (Å²) in [4.78, 5) is 54.2. The fourth-order valence-electron chi connectivity index (χ4n) is 8.22. The molecule has 1 amide bonds. The number of ether oxygens (including phenoxy) is 3. The molecule has 3 aliphatic carbocycles. The van der Waals surface area contributed by atoms with Gasteiger partial charge in [-0.1, -0.05) is 37.6 Å². The van der Waals surface area contributed by atoms with E-state index >= 15 is 0 Å². The molecule has 3 N–H and O–H groups in total. The van der Waals surface area contributed by atoms with Crippen molar-refractivity contribution in [2.24, 2.45) is 17.8 Å². The van der Waals surface area contributed by atoms with Gasteiger partial charge in [-0.3, -0.25) is 14.4 Å². The third-order valence-corrected chi connectivity index (χ3v) is 10.6. The second kappa shape index (κ2) is 10.9. The first-order chi connectivity index (χ1) is 22.3. The van der Waals surface area contributed by atoms with Crippen molar-refractivity contribution >= 4 is 29.5 Å². The number of carbonyl (C=O) groups is 4. The molecule has 3 heterocycles. The van der Waals surface area contributed by atoms with Gasteiger partial charge in [-0.2, -0.15) is 0 Å². The monoisotopic (exact) mass is 659 g/mol. The molecule has 1 aromatic carbocycles. The van der Waals surface area contributed by atoms with E-state index in [1.54, 1.807) is 39.0 Å². The van der Waals surface area contributed by atoms with Gasteiger partial charge >= 0.3 is 5.97 Å². The molecule has 1 unspecified atom stereocenters. The van der Waals surface area contributed by atoms with Gasteiger partial charge in [0.15, 0.2) is 22.8 Å². The summed E-state index contributed by atoms with van der Waals surface area (Å²) in [5.74, 6) is -3.46. The lowest BCUT2D eigenvalue weighted by Gasteiger charge is -2.56. The summed E-state index contributed by atoms with van der Waals surface area (Å²) in [6.07, 6.45) is 9.52. The SMILES string of the molecule is CC(C)=CCc1c2c(c(O)c3c1O[C@@]14C(=C[C@H]5CC1C(C)(C)O[C@]4(C/C=C(/C)C(=O)N[C@H](C(=O)O)C(C)C)C5=O)C3=O)C=CC(C)(C)O2. The molecule has 1 spiro atoms. The summed E-state index contributed by atoms with van der Waals surface area (Å²) in [5, 5.41) is 23.9. The minimum atomic E-state index is -1.67. The molecule has 3 aliphatic heterocycles. The summed E-state index contributed by atoms with van der Waals surface area (Å²) in [6, 6.07) is -1.10. The minimum Gasteiger partial charge on any atom is -0.506 e.